The first-order valence-electron chi connectivity index (χ1n) is 23.8. The molecule has 0 heterocycles. The highest BCUT2D eigenvalue weighted by atomic mass is 19.1. The molecule has 330 valence electrons. The molecule has 0 fully saturated rings. The Bertz CT molecular complexity index is 3790. The van der Waals surface area contributed by atoms with E-state index in [0.29, 0.717) is 5.69 Å². The highest BCUT2D eigenvalue weighted by Gasteiger charge is 2.23. The zero-order valence-corrected chi connectivity index (χ0v) is 38.4. The second-order valence-electron chi connectivity index (χ2n) is 17.8. The molecule has 0 atom stereocenters. The molecule has 12 aromatic rings. The quantitative estimate of drug-likeness (QED) is 0.0977. The van der Waals surface area contributed by atoms with Crippen LogP contribution in [0.2, 0.25) is 0 Å². The van der Waals surface area contributed by atoms with Gasteiger partial charge in [0.2, 0.25) is 0 Å². The van der Waals surface area contributed by atoms with Gasteiger partial charge in [0.25, 0.3) is 0 Å². The van der Waals surface area contributed by atoms with Crippen molar-refractivity contribution in [3.05, 3.63) is 284 Å². The molecule has 70 heavy (non-hydrogen) atoms. The number of hydrogen-bond donors (Lipinski definition) is 0. The molecular formula is C68H46FN. The lowest BCUT2D eigenvalue weighted by molar-refractivity contribution is 0.630. The van der Waals surface area contributed by atoms with Gasteiger partial charge in [0, 0.05) is 16.9 Å². The van der Waals surface area contributed by atoms with E-state index >= 15 is 4.39 Å². The van der Waals surface area contributed by atoms with E-state index in [1.54, 1.807) is 6.07 Å². The smallest absolute Gasteiger partial charge is 0.148 e. The average molecular weight is 896 g/mol. The van der Waals surface area contributed by atoms with Gasteiger partial charge in [0.15, 0.2) is 0 Å². The Morgan fingerprint density at radius 3 is 1.26 bits per heavy atom. The molecule has 0 saturated carbocycles. The molecule has 0 aliphatic carbocycles. The number of hydrogen-bond acceptors (Lipinski definition) is 1. The number of halogens is 1. The molecule has 2 heteroatoms. The van der Waals surface area contributed by atoms with Gasteiger partial charge in [-0.2, -0.15) is 0 Å². The van der Waals surface area contributed by atoms with Crippen molar-refractivity contribution in [3.8, 4) is 55.6 Å². The van der Waals surface area contributed by atoms with Crippen LogP contribution >= 0.6 is 0 Å². The molecule has 12 aromatic carbocycles. The molecular weight excluding hydrogens is 850 g/mol. The van der Waals surface area contributed by atoms with Crippen molar-refractivity contribution in [3.63, 3.8) is 0 Å². The van der Waals surface area contributed by atoms with Crippen LogP contribution in [0.15, 0.2) is 267 Å². The molecule has 0 saturated heterocycles. The second-order valence-corrected chi connectivity index (χ2v) is 17.8. The van der Waals surface area contributed by atoms with Crippen molar-refractivity contribution in [2.75, 3.05) is 4.90 Å². The minimum atomic E-state index is -0.296. The zero-order chi connectivity index (χ0) is 46.8. The van der Waals surface area contributed by atoms with Gasteiger partial charge in [-0.15, -0.1) is 0 Å². The Labute approximate surface area is 408 Å². The van der Waals surface area contributed by atoms with Gasteiger partial charge in [-0.3, -0.25) is 0 Å². The minimum absolute atomic E-state index is 0.296. The van der Waals surface area contributed by atoms with Gasteiger partial charge in [-0.1, -0.05) is 231 Å². The maximum Gasteiger partial charge on any atom is 0.148 e. The Morgan fingerprint density at radius 1 is 0.286 bits per heavy atom. The van der Waals surface area contributed by atoms with Crippen LogP contribution in [-0.2, 0) is 0 Å². The molecule has 0 N–H and O–H groups in total. The van der Waals surface area contributed by atoms with Crippen LogP contribution < -0.4 is 4.90 Å². The van der Waals surface area contributed by atoms with Crippen molar-refractivity contribution < 1.29 is 4.39 Å². The van der Waals surface area contributed by atoms with E-state index in [1.807, 2.05) is 95.9 Å². The summed E-state index contributed by atoms with van der Waals surface area (Å²) >= 11 is 0. The lowest BCUT2D eigenvalue weighted by Crippen LogP contribution is -2.13. The van der Waals surface area contributed by atoms with Crippen LogP contribution in [0.3, 0.4) is 0 Å². The highest BCUT2D eigenvalue weighted by molar-refractivity contribution is 6.24. The van der Waals surface area contributed by atoms with Crippen LogP contribution in [-0.4, -0.2) is 0 Å². The van der Waals surface area contributed by atoms with Crippen molar-refractivity contribution in [2.45, 2.75) is 0 Å². The molecule has 0 unspecified atom stereocenters. The van der Waals surface area contributed by atoms with E-state index in [4.69, 9.17) is 0 Å². The predicted molar refractivity (Wildman–Crippen MR) is 296 cm³/mol. The largest absolute Gasteiger partial charge is 0.307 e. The molecule has 12 rings (SSSR count). The summed E-state index contributed by atoms with van der Waals surface area (Å²) in [5.41, 5.74) is 15.2. The molecule has 0 amide bonds. The summed E-state index contributed by atoms with van der Waals surface area (Å²) in [4.78, 5) is 2.03. The lowest BCUT2D eigenvalue weighted by Gasteiger charge is -2.29. The third-order valence-electron chi connectivity index (χ3n) is 13.5. The Hall–Kier alpha value is -9.11. The molecule has 0 aliphatic heterocycles. The average Bonchev–Trinajstić information content (AvgIpc) is 3.43. The fourth-order valence-electron chi connectivity index (χ4n) is 10.2. The van der Waals surface area contributed by atoms with Crippen LogP contribution in [0.4, 0.5) is 21.5 Å². The van der Waals surface area contributed by atoms with Crippen LogP contribution in [0.5, 0.6) is 0 Å². The molecule has 1 nitrogen and oxygen atoms in total. The monoisotopic (exact) mass is 895 g/mol. The standard InChI is InChI=1S/C68H46FN/c69-65-46-55(50-21-7-2-8-22-50)44-63(51-23-9-3-10-24-51)68(65)70(56-26-11-4-12-27-56)57-41-37-48(38-42-57)34-33-47-35-39-52(40-36-47)66-59-29-15-17-31-61(59)67(62-32-18-16-30-60(62)66)64-45-54(49-19-5-1-6-20-49)43-53-25-13-14-28-58(53)64/h1-46H/b34-33+. The van der Waals surface area contributed by atoms with Crippen LogP contribution in [0, 0.1) is 5.82 Å². The summed E-state index contributed by atoms with van der Waals surface area (Å²) < 4.78 is 16.9. The summed E-state index contributed by atoms with van der Waals surface area (Å²) in [5.74, 6) is -0.296. The zero-order valence-electron chi connectivity index (χ0n) is 38.4. The number of benzene rings is 12. The summed E-state index contributed by atoms with van der Waals surface area (Å²) in [6.07, 6.45) is 4.30. The second kappa shape index (κ2) is 18.5. The molecule has 0 spiro atoms. The van der Waals surface area contributed by atoms with Gasteiger partial charge < -0.3 is 4.90 Å². The third kappa shape index (κ3) is 8.02. The topological polar surface area (TPSA) is 3.24 Å². The van der Waals surface area contributed by atoms with Crippen molar-refractivity contribution >= 4 is 61.5 Å². The maximum absolute atomic E-state index is 16.9. The maximum atomic E-state index is 16.9. The number of nitrogens with zero attached hydrogens (tertiary/aromatic N) is 1. The number of anilines is 3. The first kappa shape index (κ1) is 42.3. The fraction of sp³-hybridized carbons (Fsp3) is 0. The summed E-state index contributed by atoms with van der Waals surface area (Å²) in [7, 11) is 0. The van der Waals surface area contributed by atoms with E-state index in [9.17, 15) is 0 Å². The SMILES string of the molecule is Fc1cc(-c2ccccc2)cc(-c2ccccc2)c1N(c1ccccc1)c1ccc(/C=C/c2ccc(-c3c4ccccc4c(-c4cc(-c5ccccc5)cc5ccccc45)c4ccccc34)cc2)cc1. The van der Waals surface area contributed by atoms with E-state index in [0.717, 1.165) is 44.8 Å². The third-order valence-corrected chi connectivity index (χ3v) is 13.5. The Morgan fingerprint density at radius 2 is 0.700 bits per heavy atom. The number of fused-ring (bicyclic) bond motifs is 3. The van der Waals surface area contributed by atoms with Crippen LogP contribution in [0.1, 0.15) is 11.1 Å². The molecule has 0 aromatic heterocycles. The normalized spacial score (nSPS) is 11.4. The van der Waals surface area contributed by atoms with Crippen molar-refractivity contribution in [2.24, 2.45) is 0 Å². The minimum Gasteiger partial charge on any atom is -0.307 e. The van der Waals surface area contributed by atoms with E-state index in [-0.39, 0.29) is 5.82 Å². The number of rotatable bonds is 10. The van der Waals surface area contributed by atoms with E-state index < -0.39 is 0 Å². The summed E-state index contributed by atoms with van der Waals surface area (Å²) in [6, 6.07) is 93.1. The van der Waals surface area contributed by atoms with Gasteiger partial charge in [0.05, 0.1) is 5.69 Å². The lowest BCUT2D eigenvalue weighted by atomic mass is 9.83. The molecule has 0 aliphatic rings. The van der Waals surface area contributed by atoms with Crippen LogP contribution in [0.25, 0.3) is 100 Å². The predicted octanol–water partition coefficient (Wildman–Crippen LogP) is 19.3. The summed E-state index contributed by atoms with van der Waals surface area (Å²) in [5, 5.41) is 7.37. The first-order valence-corrected chi connectivity index (χ1v) is 23.8. The van der Waals surface area contributed by atoms with E-state index in [2.05, 4.69) is 182 Å². The van der Waals surface area contributed by atoms with Crippen molar-refractivity contribution in [1.29, 1.82) is 0 Å². The summed E-state index contributed by atoms with van der Waals surface area (Å²) in [6.45, 7) is 0. The first-order chi connectivity index (χ1) is 34.6. The Balaban J connectivity index is 0.892. The van der Waals surface area contributed by atoms with Crippen molar-refractivity contribution in [1.82, 2.24) is 0 Å². The van der Waals surface area contributed by atoms with Gasteiger partial charge in [-0.05, 0) is 142 Å². The van der Waals surface area contributed by atoms with E-state index in [1.165, 1.54) is 65.7 Å². The van der Waals surface area contributed by atoms with Gasteiger partial charge in [0.1, 0.15) is 5.82 Å². The number of para-hydroxylation sites is 1. The highest BCUT2D eigenvalue weighted by Crippen LogP contribution is 2.47. The fourth-order valence-corrected chi connectivity index (χ4v) is 10.2. The van der Waals surface area contributed by atoms with Gasteiger partial charge >= 0.3 is 0 Å². The Kier molecular flexibility index (Phi) is 11.2. The van der Waals surface area contributed by atoms with Gasteiger partial charge in [-0.25, -0.2) is 4.39 Å². The molecule has 0 bridgehead atoms. The molecule has 0 radical (unpaired) electrons.